The van der Waals surface area contributed by atoms with Crippen LogP contribution in [0.1, 0.15) is 41.5 Å². The van der Waals surface area contributed by atoms with Gasteiger partial charge in [0.25, 0.3) is 0 Å². The van der Waals surface area contributed by atoms with E-state index < -0.39 is 35.4 Å². The van der Waals surface area contributed by atoms with Crippen molar-refractivity contribution >= 4 is 0 Å². The highest BCUT2D eigenvalue weighted by molar-refractivity contribution is 4.88. The maximum Gasteiger partial charge on any atom is 0.415 e. The molecule has 0 aliphatic rings. The third-order valence-corrected chi connectivity index (χ3v) is 2.44. The van der Waals surface area contributed by atoms with Crippen LogP contribution in [0.25, 0.3) is 0 Å². The normalized spacial score (nSPS) is 18.3. The molecule has 0 aromatic carbocycles. The van der Waals surface area contributed by atoms with Gasteiger partial charge in [-0.15, -0.1) is 0 Å². The minimum Gasteiger partial charge on any atom is -0.355 e. The van der Waals surface area contributed by atoms with E-state index in [0.29, 0.717) is 0 Å². The van der Waals surface area contributed by atoms with Crippen molar-refractivity contribution in [2.45, 2.75) is 66.1 Å². The van der Waals surface area contributed by atoms with Crippen LogP contribution in [0.5, 0.6) is 0 Å². The number of rotatable bonds is 2. The van der Waals surface area contributed by atoms with Gasteiger partial charge in [-0.3, -0.25) is 0 Å². The maximum absolute atomic E-state index is 12.9. The van der Waals surface area contributed by atoms with Crippen LogP contribution in [0.3, 0.4) is 0 Å². The molecular weight excluding hydrogens is 274 g/mol. The van der Waals surface area contributed by atoms with Gasteiger partial charge in [-0.2, -0.15) is 26.3 Å². The van der Waals surface area contributed by atoms with E-state index in [1.807, 2.05) is 0 Å². The molecule has 2 unspecified atom stereocenters. The molecule has 1 nitrogen and oxygen atoms in total. The highest BCUT2D eigenvalue weighted by atomic mass is 19.4. The smallest absolute Gasteiger partial charge is 0.355 e. The van der Waals surface area contributed by atoms with Crippen LogP contribution < -0.4 is 0 Å². The lowest BCUT2D eigenvalue weighted by atomic mass is 9.85. The quantitative estimate of drug-likeness (QED) is 0.654. The molecule has 0 heterocycles. The van der Waals surface area contributed by atoms with E-state index >= 15 is 0 Å². The molecule has 0 aromatic rings. The summed E-state index contributed by atoms with van der Waals surface area (Å²) in [6.45, 7) is 7.17. The number of hydrogen-bond acceptors (Lipinski definition) is 1. The standard InChI is InChI=1S/C12H20F6O/c1-9(2,3)7(11(13,14)15)19-8(10(4,5)6)12(16,17)18/h7-8H,1-6H3. The third-order valence-electron chi connectivity index (χ3n) is 2.44. The fourth-order valence-corrected chi connectivity index (χ4v) is 1.68. The Morgan fingerprint density at radius 3 is 0.895 bits per heavy atom. The zero-order valence-corrected chi connectivity index (χ0v) is 11.8. The highest BCUT2D eigenvalue weighted by Crippen LogP contribution is 2.43. The van der Waals surface area contributed by atoms with Crippen molar-refractivity contribution in [3.05, 3.63) is 0 Å². The zero-order chi connectivity index (χ0) is 15.9. The summed E-state index contributed by atoms with van der Waals surface area (Å²) >= 11 is 0. The summed E-state index contributed by atoms with van der Waals surface area (Å²) < 4.78 is 81.6. The van der Waals surface area contributed by atoms with Crippen molar-refractivity contribution in [3.63, 3.8) is 0 Å². The van der Waals surface area contributed by atoms with E-state index in [9.17, 15) is 26.3 Å². The first-order valence-corrected chi connectivity index (χ1v) is 5.76. The minimum absolute atomic E-state index is 1.20. The van der Waals surface area contributed by atoms with Gasteiger partial charge in [-0.05, 0) is 10.8 Å². The molecule has 0 bridgehead atoms. The van der Waals surface area contributed by atoms with Crippen molar-refractivity contribution < 1.29 is 31.1 Å². The topological polar surface area (TPSA) is 9.23 Å². The van der Waals surface area contributed by atoms with Crippen molar-refractivity contribution in [2.24, 2.45) is 10.8 Å². The van der Waals surface area contributed by atoms with Crippen LogP contribution in [-0.4, -0.2) is 24.6 Å². The second kappa shape index (κ2) is 5.14. The van der Waals surface area contributed by atoms with Gasteiger partial charge in [0.15, 0.2) is 12.2 Å². The van der Waals surface area contributed by atoms with Crippen molar-refractivity contribution in [1.82, 2.24) is 0 Å². The van der Waals surface area contributed by atoms with E-state index in [-0.39, 0.29) is 0 Å². The molecule has 116 valence electrons. The Morgan fingerprint density at radius 2 is 0.789 bits per heavy atom. The Hall–Kier alpha value is -0.460. The van der Waals surface area contributed by atoms with Crippen LogP contribution in [0.15, 0.2) is 0 Å². The molecule has 0 aliphatic carbocycles. The number of halogens is 6. The Labute approximate surface area is 109 Å². The van der Waals surface area contributed by atoms with E-state index in [1.165, 1.54) is 41.5 Å². The van der Waals surface area contributed by atoms with Gasteiger partial charge in [0, 0.05) is 0 Å². The summed E-state index contributed by atoms with van der Waals surface area (Å²) in [7, 11) is 0. The molecule has 0 aliphatic heterocycles. The van der Waals surface area contributed by atoms with Gasteiger partial charge >= 0.3 is 12.4 Å². The number of hydrogen-bond donors (Lipinski definition) is 0. The molecule has 2 atom stereocenters. The van der Waals surface area contributed by atoms with Crippen molar-refractivity contribution in [2.75, 3.05) is 0 Å². The van der Waals surface area contributed by atoms with Gasteiger partial charge in [0.1, 0.15) is 0 Å². The van der Waals surface area contributed by atoms with Gasteiger partial charge < -0.3 is 4.74 Å². The molecule has 7 heteroatoms. The summed E-state index contributed by atoms with van der Waals surface area (Å²) in [6.07, 6.45) is -14.7. The number of ether oxygens (including phenoxy) is 1. The molecule has 0 radical (unpaired) electrons. The minimum atomic E-state index is -4.85. The Morgan fingerprint density at radius 1 is 0.579 bits per heavy atom. The van der Waals surface area contributed by atoms with Gasteiger partial charge in [-0.25, -0.2) is 0 Å². The number of alkyl halides is 6. The maximum atomic E-state index is 12.9. The molecule has 19 heavy (non-hydrogen) atoms. The van der Waals surface area contributed by atoms with Crippen LogP contribution in [0.2, 0.25) is 0 Å². The zero-order valence-electron chi connectivity index (χ0n) is 11.8. The second-order valence-electron chi connectivity index (χ2n) is 6.71. The molecular formula is C12H20F6O. The predicted octanol–water partition coefficient (Wildman–Crippen LogP) is 4.96. The Bertz CT molecular complexity index is 233. The van der Waals surface area contributed by atoms with E-state index in [1.54, 1.807) is 0 Å². The first kappa shape index (κ1) is 18.5. The fourth-order valence-electron chi connectivity index (χ4n) is 1.68. The molecule has 0 amide bonds. The van der Waals surface area contributed by atoms with Crippen LogP contribution in [-0.2, 0) is 4.74 Å². The first-order valence-electron chi connectivity index (χ1n) is 5.76. The summed E-state index contributed by atoms with van der Waals surface area (Å²) in [5, 5.41) is 0. The second-order valence-corrected chi connectivity index (χ2v) is 6.71. The Kier molecular flexibility index (Phi) is 5.02. The summed E-state index contributed by atoms with van der Waals surface area (Å²) in [6, 6.07) is 0. The summed E-state index contributed by atoms with van der Waals surface area (Å²) in [5.74, 6) is 0. The van der Waals surface area contributed by atoms with E-state index in [0.717, 1.165) is 0 Å². The fraction of sp³-hybridized carbons (Fsp3) is 1.00. The summed E-state index contributed by atoms with van der Waals surface area (Å²) in [4.78, 5) is 0. The average molecular weight is 294 g/mol. The molecule has 0 saturated heterocycles. The monoisotopic (exact) mass is 294 g/mol. The van der Waals surface area contributed by atoms with Gasteiger partial charge in [-0.1, -0.05) is 41.5 Å². The lowest BCUT2D eigenvalue weighted by Gasteiger charge is -2.40. The van der Waals surface area contributed by atoms with Gasteiger partial charge in [0.2, 0.25) is 0 Å². The van der Waals surface area contributed by atoms with E-state index in [4.69, 9.17) is 0 Å². The Balaban J connectivity index is 5.43. The molecule has 0 N–H and O–H groups in total. The summed E-state index contributed by atoms with van der Waals surface area (Å²) in [5.41, 5.74) is -2.96. The first-order chi connectivity index (χ1) is 7.97. The highest BCUT2D eigenvalue weighted by Gasteiger charge is 2.56. The molecule has 0 spiro atoms. The molecule has 0 saturated carbocycles. The van der Waals surface area contributed by atoms with Crippen LogP contribution >= 0.6 is 0 Å². The molecule has 0 fully saturated rings. The SMILES string of the molecule is CC(C)(C)C(OC(C(C)(C)C)C(F)(F)F)C(F)(F)F. The molecule has 0 aromatic heterocycles. The van der Waals surface area contributed by atoms with Crippen LogP contribution in [0.4, 0.5) is 26.3 Å². The third kappa shape index (κ3) is 5.58. The largest absolute Gasteiger partial charge is 0.415 e. The molecule has 0 rings (SSSR count). The van der Waals surface area contributed by atoms with Gasteiger partial charge in [0.05, 0.1) is 0 Å². The lowest BCUT2D eigenvalue weighted by molar-refractivity contribution is -0.321. The van der Waals surface area contributed by atoms with E-state index in [2.05, 4.69) is 4.74 Å². The van der Waals surface area contributed by atoms with Crippen molar-refractivity contribution in [3.8, 4) is 0 Å². The predicted molar refractivity (Wildman–Crippen MR) is 59.7 cm³/mol. The average Bonchev–Trinajstić information content (AvgIpc) is 1.91. The van der Waals surface area contributed by atoms with Crippen molar-refractivity contribution in [1.29, 1.82) is 0 Å². The lowest BCUT2D eigenvalue weighted by Crippen LogP contribution is -2.52. The van der Waals surface area contributed by atoms with Crippen LogP contribution in [0, 0.1) is 10.8 Å².